The summed E-state index contributed by atoms with van der Waals surface area (Å²) in [6.45, 7) is 28.3. The molecule has 0 N–H and O–H groups in total. The Morgan fingerprint density at radius 1 is 0.261 bits per heavy atom. The highest BCUT2D eigenvalue weighted by atomic mass is 15.2. The minimum Gasteiger partial charge on any atom is -0.334 e. The van der Waals surface area contributed by atoms with Gasteiger partial charge in [-0.2, -0.15) is 0 Å². The molecule has 0 fully saturated rings. The summed E-state index contributed by atoms with van der Waals surface area (Å²) in [7, 11) is 0. The van der Waals surface area contributed by atoms with Gasteiger partial charge in [0.15, 0.2) is 0 Å². The van der Waals surface area contributed by atoms with Gasteiger partial charge < -0.3 is 28.1 Å². The fourth-order valence-corrected chi connectivity index (χ4v) is 20.3. The third-order valence-corrected chi connectivity index (χ3v) is 26.4. The van der Waals surface area contributed by atoms with Gasteiger partial charge in [-0.1, -0.05) is 283 Å². The van der Waals surface area contributed by atoms with E-state index in [1.165, 1.54) is 154 Å². The Balaban J connectivity index is 0.847. The first-order chi connectivity index (χ1) is 57.6. The molecule has 6 heterocycles. The Morgan fingerprint density at radius 3 is 1.05 bits per heavy atom. The van der Waals surface area contributed by atoms with Crippen LogP contribution < -0.4 is 20.7 Å². The fraction of sp³-hybridized carbons (Fsp3) is 0.161. The number of anilines is 4. The molecule has 0 amide bonds. The van der Waals surface area contributed by atoms with Crippen LogP contribution in [0.15, 0.2) is 356 Å². The Bertz CT molecular complexity index is 7090. The van der Waals surface area contributed by atoms with Gasteiger partial charge in [-0.25, -0.2) is 0 Å². The van der Waals surface area contributed by atoms with Gasteiger partial charge in [-0.05, 0) is 235 Å². The van der Waals surface area contributed by atoms with E-state index in [1.807, 2.05) is 0 Å². The number of rotatable bonds is 9. The highest BCUT2D eigenvalue weighted by Crippen LogP contribution is 2.54. The van der Waals surface area contributed by atoms with Crippen molar-refractivity contribution in [3.05, 3.63) is 373 Å². The number of aromatic nitrogens is 4. The number of fused-ring (bicyclic) bond motifs is 16. The number of nitrogens with zero attached hydrogens (tertiary/aromatic N) is 6. The van der Waals surface area contributed by atoms with Crippen molar-refractivity contribution in [3.63, 3.8) is 0 Å². The van der Waals surface area contributed by atoms with Crippen LogP contribution in [0, 0.1) is 5.41 Å². The van der Waals surface area contributed by atoms with Crippen molar-refractivity contribution >= 4 is 128 Å². The molecule has 19 aromatic rings. The Kier molecular flexibility index (Phi) is 16.1. The summed E-state index contributed by atoms with van der Waals surface area (Å²) >= 11 is 0. The summed E-state index contributed by atoms with van der Waals surface area (Å²) in [6, 6.07) is 128. The standard InChI is InChI=1S/C112H95BN6/c1-109(2,3)75-44-53-99(88(61-75)72-34-20-15-21-35-72)119-105-69-82(117-102-56-49-79(114-95-40-26-22-36-84(95)85-37-23-27-41-96(85)114)66-91(102)92-67-80(50-57-103(92)117)115-97-42-28-24-38-86(97)87-39-25-29-43-98(87)115)48-52-94(105)113-93-51-47-81(116-100-54-45-76(110(4,5)6)62-89(100)90-63-77(111(7,8)9)46-55-101(90)116)68-104(93)118(106-64-78(112(10,11)12)65-107(119)108(106)113)83-59-73(70-30-16-13-17-31-70)58-74(60-83)71-32-18-14-19-33-71/h13-64,66-69,107H,65H2,1-12H3. The van der Waals surface area contributed by atoms with Crippen molar-refractivity contribution in [2.45, 2.75) is 112 Å². The molecule has 22 rings (SSSR count). The smallest absolute Gasteiger partial charge is 0.247 e. The second kappa shape index (κ2) is 26.6. The van der Waals surface area contributed by atoms with Crippen molar-refractivity contribution in [1.29, 1.82) is 0 Å². The summed E-state index contributed by atoms with van der Waals surface area (Å²) in [5, 5.41) is 9.86. The van der Waals surface area contributed by atoms with Crippen LogP contribution >= 0.6 is 0 Å². The number of benzene rings is 15. The molecule has 1 aliphatic carbocycles. The Hall–Kier alpha value is -13.4. The zero-order chi connectivity index (χ0) is 80.9. The van der Waals surface area contributed by atoms with Gasteiger partial charge in [-0.3, -0.25) is 0 Å². The number of allylic oxidation sites excluding steroid dienone is 1. The van der Waals surface area contributed by atoms with Crippen LogP contribution in [-0.4, -0.2) is 31.0 Å². The molecule has 2 aliphatic heterocycles. The molecule has 6 nitrogen and oxygen atoms in total. The molecule has 0 radical (unpaired) electrons. The second-order valence-electron chi connectivity index (χ2n) is 37.7. The van der Waals surface area contributed by atoms with Crippen LogP contribution in [0.2, 0.25) is 0 Å². The molecule has 0 saturated carbocycles. The quantitative estimate of drug-likeness (QED) is 0.135. The molecule has 7 heteroatoms. The summed E-state index contributed by atoms with van der Waals surface area (Å²) < 4.78 is 10.1. The lowest BCUT2D eigenvalue weighted by Crippen LogP contribution is -2.61. The molecular weight excluding hydrogens is 1440 g/mol. The maximum absolute atomic E-state index is 2.83. The largest absolute Gasteiger partial charge is 0.334 e. The molecule has 3 aliphatic rings. The molecule has 15 aromatic carbocycles. The van der Waals surface area contributed by atoms with Crippen LogP contribution in [0.25, 0.3) is 143 Å². The summed E-state index contributed by atoms with van der Waals surface area (Å²) in [5.41, 5.74) is 35.6. The zero-order valence-corrected chi connectivity index (χ0v) is 69.9. The maximum Gasteiger partial charge on any atom is 0.247 e. The molecule has 0 bridgehead atoms. The van der Waals surface area contributed by atoms with Crippen LogP contribution in [0.4, 0.5) is 22.7 Å². The Labute approximate surface area is 697 Å². The van der Waals surface area contributed by atoms with Crippen LogP contribution in [-0.2, 0) is 16.2 Å². The summed E-state index contributed by atoms with van der Waals surface area (Å²) in [4.78, 5) is 5.54. The summed E-state index contributed by atoms with van der Waals surface area (Å²) in [6.07, 6.45) is 3.45. The van der Waals surface area contributed by atoms with E-state index in [2.05, 4.69) is 451 Å². The van der Waals surface area contributed by atoms with Gasteiger partial charge >= 0.3 is 0 Å². The van der Waals surface area contributed by atoms with E-state index < -0.39 is 0 Å². The molecule has 1 unspecified atom stereocenters. The first-order valence-corrected chi connectivity index (χ1v) is 42.5. The van der Waals surface area contributed by atoms with E-state index in [9.17, 15) is 0 Å². The molecule has 4 aromatic heterocycles. The first kappa shape index (κ1) is 72.1. The van der Waals surface area contributed by atoms with E-state index in [0.29, 0.717) is 0 Å². The van der Waals surface area contributed by atoms with E-state index in [0.717, 1.165) is 62.7 Å². The highest BCUT2D eigenvalue weighted by Gasteiger charge is 2.50. The lowest BCUT2D eigenvalue weighted by atomic mass is 9.31. The van der Waals surface area contributed by atoms with Crippen LogP contribution in [0.1, 0.15) is 106 Å². The predicted octanol–water partition coefficient (Wildman–Crippen LogP) is 28.4. The van der Waals surface area contributed by atoms with E-state index in [1.54, 1.807) is 0 Å². The molecule has 576 valence electrons. The minimum atomic E-state index is -0.241. The van der Waals surface area contributed by atoms with E-state index in [-0.39, 0.29) is 34.4 Å². The third-order valence-electron chi connectivity index (χ3n) is 26.4. The summed E-state index contributed by atoms with van der Waals surface area (Å²) in [5.74, 6) is 0. The monoisotopic (exact) mass is 1530 g/mol. The van der Waals surface area contributed by atoms with Crippen LogP contribution in [0.3, 0.4) is 0 Å². The van der Waals surface area contributed by atoms with Gasteiger partial charge in [0, 0.05) is 99.8 Å². The van der Waals surface area contributed by atoms with Gasteiger partial charge in [-0.15, -0.1) is 0 Å². The average Bonchev–Trinajstić information content (AvgIpc) is 1.62. The first-order valence-electron chi connectivity index (χ1n) is 42.5. The topological polar surface area (TPSA) is 26.2 Å². The molecular formula is C112H95BN6. The van der Waals surface area contributed by atoms with Gasteiger partial charge in [0.25, 0.3) is 0 Å². The SMILES string of the molecule is CC(C)(C)C1=CC2=C3B(c4ccc(-n5c6ccc(C(C)(C)C)cc6c6cc(C(C)(C)C)ccc65)cc4N2c2cc(-c4ccccc4)cc(-c4ccccc4)c2)c2ccc(-n4c5ccc(-n6c7ccccc7c7ccccc76)cc5c5cc(-n6c7ccccc7c7ccccc76)ccc54)cc2N(c2ccc(C(C)(C)C)cc2-c2ccccc2)C3C1. The van der Waals surface area contributed by atoms with E-state index in [4.69, 9.17) is 0 Å². The van der Waals surface area contributed by atoms with Gasteiger partial charge in [0.2, 0.25) is 6.71 Å². The van der Waals surface area contributed by atoms with Crippen molar-refractivity contribution in [2.75, 3.05) is 9.80 Å². The van der Waals surface area contributed by atoms with Crippen molar-refractivity contribution in [1.82, 2.24) is 18.3 Å². The minimum absolute atomic E-state index is 0.0558. The average molecular weight is 1540 g/mol. The van der Waals surface area contributed by atoms with Crippen LogP contribution in [0.5, 0.6) is 0 Å². The number of hydrogen-bond donors (Lipinski definition) is 0. The second-order valence-corrected chi connectivity index (χ2v) is 37.7. The lowest BCUT2D eigenvalue weighted by Gasteiger charge is -2.52. The van der Waals surface area contributed by atoms with Crippen molar-refractivity contribution in [3.8, 4) is 56.1 Å². The van der Waals surface area contributed by atoms with E-state index >= 15 is 0 Å². The fourth-order valence-electron chi connectivity index (χ4n) is 20.3. The lowest BCUT2D eigenvalue weighted by molar-refractivity contribution is 0.467. The highest BCUT2D eigenvalue weighted by molar-refractivity contribution is 6.94. The molecule has 0 spiro atoms. The van der Waals surface area contributed by atoms with Crippen molar-refractivity contribution in [2.24, 2.45) is 5.41 Å². The zero-order valence-electron chi connectivity index (χ0n) is 69.9. The molecule has 0 saturated heterocycles. The molecule has 119 heavy (non-hydrogen) atoms. The predicted molar refractivity (Wildman–Crippen MR) is 508 cm³/mol. The van der Waals surface area contributed by atoms with Gasteiger partial charge in [0.05, 0.1) is 50.2 Å². The Morgan fingerprint density at radius 2 is 0.613 bits per heavy atom. The number of para-hydroxylation sites is 4. The third kappa shape index (κ3) is 11.5. The van der Waals surface area contributed by atoms with Crippen molar-refractivity contribution < 1.29 is 0 Å². The molecule has 1 atom stereocenters. The number of hydrogen-bond acceptors (Lipinski definition) is 2. The maximum atomic E-state index is 2.83. The normalized spacial score (nSPS) is 14.6. The van der Waals surface area contributed by atoms with Gasteiger partial charge in [0.1, 0.15) is 0 Å².